The first-order chi connectivity index (χ1) is 12.9. The number of rotatable bonds is 3. The topological polar surface area (TPSA) is 75.7 Å². The van der Waals surface area contributed by atoms with E-state index in [1.807, 2.05) is 48.5 Å². The minimum atomic E-state index is -3.30. The first-order valence-corrected chi connectivity index (χ1v) is 10.9. The summed E-state index contributed by atoms with van der Waals surface area (Å²) in [5.74, 6) is 0.927. The van der Waals surface area contributed by atoms with E-state index in [4.69, 9.17) is 4.74 Å². The van der Waals surface area contributed by atoms with E-state index in [0.717, 1.165) is 30.2 Å². The van der Waals surface area contributed by atoms with Gasteiger partial charge in [0.15, 0.2) is 0 Å². The first kappa shape index (κ1) is 18.0. The molecule has 2 aromatic carbocycles. The van der Waals surface area contributed by atoms with Crippen molar-refractivity contribution in [2.75, 3.05) is 19.3 Å². The van der Waals surface area contributed by atoms with Crippen LogP contribution in [-0.4, -0.2) is 44.6 Å². The molecule has 0 aliphatic carbocycles. The molecule has 0 bridgehead atoms. The number of nitrogens with one attached hydrogen (secondary N) is 1. The van der Waals surface area contributed by atoms with Crippen molar-refractivity contribution >= 4 is 15.9 Å². The standard InChI is InChI=1S/C20H22N2O4S/c1-27(24,25)21-14-7-6-12-22(13-14)20(23)19-15-8-2-4-10-17(15)26-18-11-5-3-9-16(18)19/h2-5,8-11,14,19,21H,6-7,12-13H2,1H3. The van der Waals surface area contributed by atoms with Gasteiger partial charge in [-0.05, 0) is 25.0 Å². The molecular weight excluding hydrogens is 364 g/mol. The van der Waals surface area contributed by atoms with E-state index in [1.165, 1.54) is 0 Å². The van der Waals surface area contributed by atoms with Crippen molar-refractivity contribution in [2.24, 2.45) is 0 Å². The number of nitrogens with zero attached hydrogens (tertiary/aromatic N) is 1. The van der Waals surface area contributed by atoms with Gasteiger partial charge in [-0.25, -0.2) is 13.1 Å². The lowest BCUT2D eigenvalue weighted by Gasteiger charge is -2.36. The van der Waals surface area contributed by atoms with Crippen LogP contribution in [0, 0.1) is 0 Å². The molecule has 142 valence electrons. The summed E-state index contributed by atoms with van der Waals surface area (Å²) >= 11 is 0. The Morgan fingerprint density at radius 2 is 1.67 bits per heavy atom. The van der Waals surface area contributed by atoms with Crippen LogP contribution in [0.25, 0.3) is 0 Å². The molecule has 1 fully saturated rings. The van der Waals surface area contributed by atoms with Crippen LogP contribution in [0.2, 0.25) is 0 Å². The predicted molar refractivity (Wildman–Crippen MR) is 102 cm³/mol. The fourth-order valence-corrected chi connectivity index (χ4v) is 4.73. The number of benzene rings is 2. The summed E-state index contributed by atoms with van der Waals surface area (Å²) in [6.45, 7) is 1.01. The number of amides is 1. The Hall–Kier alpha value is -2.38. The number of ether oxygens (including phenoxy) is 1. The molecule has 2 aromatic rings. The van der Waals surface area contributed by atoms with Crippen LogP contribution in [0.1, 0.15) is 29.9 Å². The molecule has 4 rings (SSSR count). The number of fused-ring (bicyclic) bond motifs is 2. The lowest BCUT2D eigenvalue weighted by Crippen LogP contribution is -2.50. The zero-order valence-corrected chi connectivity index (χ0v) is 15.9. The van der Waals surface area contributed by atoms with E-state index in [-0.39, 0.29) is 11.9 Å². The van der Waals surface area contributed by atoms with E-state index in [1.54, 1.807) is 4.90 Å². The van der Waals surface area contributed by atoms with Crippen molar-refractivity contribution in [3.63, 3.8) is 0 Å². The van der Waals surface area contributed by atoms with Gasteiger partial charge in [-0.1, -0.05) is 36.4 Å². The number of likely N-dealkylation sites (tertiary alicyclic amines) is 1. The molecule has 1 atom stereocenters. The van der Waals surface area contributed by atoms with Crippen molar-refractivity contribution in [1.29, 1.82) is 0 Å². The van der Waals surface area contributed by atoms with Gasteiger partial charge < -0.3 is 9.64 Å². The monoisotopic (exact) mass is 386 g/mol. The van der Waals surface area contributed by atoms with Crippen LogP contribution in [0.3, 0.4) is 0 Å². The number of piperidine rings is 1. The van der Waals surface area contributed by atoms with E-state index < -0.39 is 15.9 Å². The molecule has 27 heavy (non-hydrogen) atoms. The van der Waals surface area contributed by atoms with Crippen molar-refractivity contribution in [3.05, 3.63) is 59.7 Å². The lowest BCUT2D eigenvalue weighted by atomic mass is 9.86. The van der Waals surface area contributed by atoms with E-state index >= 15 is 0 Å². The largest absolute Gasteiger partial charge is 0.457 e. The molecule has 0 spiro atoms. The highest BCUT2D eigenvalue weighted by Crippen LogP contribution is 2.44. The molecule has 2 aliphatic rings. The molecular formula is C20H22N2O4S. The Bertz CT molecular complexity index is 928. The molecule has 2 aliphatic heterocycles. The number of sulfonamides is 1. The Morgan fingerprint density at radius 1 is 1.07 bits per heavy atom. The van der Waals surface area contributed by atoms with Gasteiger partial charge >= 0.3 is 0 Å². The van der Waals surface area contributed by atoms with Gasteiger partial charge in [0.25, 0.3) is 0 Å². The Morgan fingerprint density at radius 3 is 2.26 bits per heavy atom. The van der Waals surface area contributed by atoms with Crippen LogP contribution in [0.4, 0.5) is 0 Å². The third-order valence-corrected chi connectivity index (χ3v) is 5.80. The van der Waals surface area contributed by atoms with E-state index in [2.05, 4.69) is 4.72 Å². The zero-order valence-electron chi connectivity index (χ0n) is 15.1. The minimum absolute atomic E-state index is 0.0156. The molecule has 1 unspecified atom stereocenters. The molecule has 6 nitrogen and oxygen atoms in total. The van der Waals surface area contributed by atoms with Crippen molar-refractivity contribution in [1.82, 2.24) is 9.62 Å². The maximum Gasteiger partial charge on any atom is 0.234 e. The average Bonchev–Trinajstić information content (AvgIpc) is 2.64. The Balaban J connectivity index is 1.66. The van der Waals surface area contributed by atoms with Crippen LogP contribution in [0.15, 0.2) is 48.5 Å². The second-order valence-electron chi connectivity index (χ2n) is 7.12. The maximum absolute atomic E-state index is 13.5. The average molecular weight is 386 g/mol. The van der Waals surface area contributed by atoms with Crippen LogP contribution in [-0.2, 0) is 14.8 Å². The summed E-state index contributed by atoms with van der Waals surface area (Å²) in [5.41, 5.74) is 1.69. The normalized spacial score (nSPS) is 19.7. The summed E-state index contributed by atoms with van der Waals surface area (Å²) in [5, 5.41) is 0. The SMILES string of the molecule is CS(=O)(=O)NC1CCCN(C(=O)C2c3ccccc3Oc3ccccc32)C1. The second-order valence-corrected chi connectivity index (χ2v) is 8.90. The smallest absolute Gasteiger partial charge is 0.234 e. The van der Waals surface area contributed by atoms with Gasteiger partial charge in [0, 0.05) is 30.3 Å². The van der Waals surface area contributed by atoms with Crippen molar-refractivity contribution in [3.8, 4) is 11.5 Å². The minimum Gasteiger partial charge on any atom is -0.457 e. The van der Waals surface area contributed by atoms with Crippen LogP contribution in [0.5, 0.6) is 11.5 Å². The van der Waals surface area contributed by atoms with E-state index in [9.17, 15) is 13.2 Å². The highest BCUT2D eigenvalue weighted by Gasteiger charge is 2.36. The lowest BCUT2D eigenvalue weighted by molar-refractivity contribution is -0.133. The third kappa shape index (κ3) is 3.70. The molecule has 1 saturated heterocycles. The highest BCUT2D eigenvalue weighted by atomic mass is 32.2. The van der Waals surface area contributed by atoms with Gasteiger partial charge in [0.05, 0.1) is 12.2 Å². The van der Waals surface area contributed by atoms with Gasteiger partial charge in [-0.15, -0.1) is 0 Å². The number of hydrogen-bond acceptors (Lipinski definition) is 4. The summed E-state index contributed by atoms with van der Waals surface area (Å²) in [6.07, 6.45) is 2.65. The molecule has 0 radical (unpaired) electrons. The number of hydrogen-bond donors (Lipinski definition) is 1. The summed E-state index contributed by atoms with van der Waals surface area (Å²) in [4.78, 5) is 15.3. The number of carbonyl (C=O) groups is 1. The maximum atomic E-state index is 13.5. The van der Waals surface area contributed by atoms with Crippen LogP contribution < -0.4 is 9.46 Å². The Kier molecular flexibility index (Phi) is 4.65. The van der Waals surface area contributed by atoms with Gasteiger partial charge in [0.1, 0.15) is 11.5 Å². The zero-order chi connectivity index (χ0) is 19.0. The molecule has 0 saturated carbocycles. The molecule has 2 heterocycles. The van der Waals surface area contributed by atoms with Gasteiger partial charge in [-0.2, -0.15) is 0 Å². The van der Waals surface area contributed by atoms with Crippen LogP contribution >= 0.6 is 0 Å². The summed E-state index contributed by atoms with van der Waals surface area (Å²) in [7, 11) is -3.30. The molecule has 1 N–H and O–H groups in total. The summed E-state index contributed by atoms with van der Waals surface area (Å²) in [6, 6.07) is 14.9. The number of para-hydroxylation sites is 2. The first-order valence-electron chi connectivity index (χ1n) is 9.04. The predicted octanol–water partition coefficient (Wildman–Crippen LogP) is 2.46. The Labute approximate surface area is 159 Å². The fourth-order valence-electron chi connectivity index (χ4n) is 3.93. The number of carbonyl (C=O) groups excluding carboxylic acids is 1. The molecule has 7 heteroatoms. The van der Waals surface area contributed by atoms with E-state index in [0.29, 0.717) is 24.6 Å². The van der Waals surface area contributed by atoms with Crippen molar-refractivity contribution < 1.29 is 17.9 Å². The van der Waals surface area contributed by atoms with Gasteiger partial charge in [-0.3, -0.25) is 4.79 Å². The quantitative estimate of drug-likeness (QED) is 0.879. The second kappa shape index (κ2) is 6.98. The third-order valence-electron chi connectivity index (χ3n) is 5.04. The fraction of sp³-hybridized carbons (Fsp3) is 0.350. The molecule has 1 amide bonds. The van der Waals surface area contributed by atoms with Gasteiger partial charge in [0.2, 0.25) is 15.9 Å². The van der Waals surface area contributed by atoms with Crippen molar-refractivity contribution in [2.45, 2.75) is 24.8 Å². The summed E-state index contributed by atoms with van der Waals surface area (Å²) < 4.78 is 31.8. The highest BCUT2D eigenvalue weighted by molar-refractivity contribution is 7.88. The molecule has 0 aromatic heterocycles.